The summed E-state index contributed by atoms with van der Waals surface area (Å²) in [6.07, 6.45) is 1.77. The molecule has 0 atom stereocenters. The first-order valence-electron chi connectivity index (χ1n) is 6.98. The Labute approximate surface area is 135 Å². The second-order valence-corrected chi connectivity index (χ2v) is 6.44. The maximum Gasteiger partial charge on any atom is 0.274 e. The molecule has 0 unspecified atom stereocenters. The number of halogens is 1. The van der Waals surface area contributed by atoms with Crippen LogP contribution < -0.4 is 0 Å². The first-order valence-corrected chi connectivity index (χ1v) is 7.36. The topological polar surface area (TPSA) is 58.4 Å². The zero-order valence-electron chi connectivity index (χ0n) is 13.2. The highest BCUT2D eigenvalue weighted by Crippen LogP contribution is 2.21. The molecule has 0 aliphatic rings. The van der Waals surface area contributed by atoms with Crippen LogP contribution in [0.25, 0.3) is 5.69 Å². The zero-order valence-corrected chi connectivity index (χ0v) is 13.9. The fourth-order valence-electron chi connectivity index (χ4n) is 2.27. The molecule has 0 spiro atoms. The zero-order chi connectivity index (χ0) is 16.5. The van der Waals surface area contributed by atoms with Crippen LogP contribution in [0.4, 0.5) is 0 Å². The Morgan fingerprint density at radius 1 is 1.41 bits per heavy atom. The number of aryl methyl sites for hydroxylation is 1. The number of para-hydroxylation sites is 1. The van der Waals surface area contributed by atoms with E-state index in [1.54, 1.807) is 37.8 Å². The Balaban J connectivity index is 2.31. The third-order valence-electron chi connectivity index (χ3n) is 3.17. The fraction of sp³-hybridized carbons (Fsp3) is 0.375. The minimum atomic E-state index is -0.955. The molecule has 0 saturated heterocycles. The van der Waals surface area contributed by atoms with E-state index in [1.165, 1.54) is 4.90 Å². The normalized spacial score (nSPS) is 11.5. The van der Waals surface area contributed by atoms with Gasteiger partial charge in [0.1, 0.15) is 0 Å². The van der Waals surface area contributed by atoms with Crippen molar-refractivity contribution >= 4 is 17.5 Å². The molecular formula is C16H20ClN3O2. The lowest BCUT2D eigenvalue weighted by atomic mass is 10.1. The van der Waals surface area contributed by atoms with E-state index in [1.807, 2.05) is 25.1 Å². The van der Waals surface area contributed by atoms with Crippen LogP contribution in [0.5, 0.6) is 0 Å². The molecule has 1 heterocycles. The summed E-state index contributed by atoms with van der Waals surface area (Å²) in [4.78, 5) is 13.9. The average molecular weight is 322 g/mol. The first kappa shape index (κ1) is 16.5. The Hall–Kier alpha value is -1.85. The van der Waals surface area contributed by atoms with E-state index in [9.17, 15) is 9.90 Å². The van der Waals surface area contributed by atoms with Gasteiger partial charge in [-0.15, -0.1) is 0 Å². The van der Waals surface area contributed by atoms with Gasteiger partial charge in [0.25, 0.3) is 5.91 Å². The molecule has 6 heteroatoms. The van der Waals surface area contributed by atoms with Crippen molar-refractivity contribution in [3.8, 4) is 5.69 Å². The number of amides is 1. The van der Waals surface area contributed by atoms with Crippen molar-refractivity contribution in [3.63, 3.8) is 0 Å². The third kappa shape index (κ3) is 3.67. The van der Waals surface area contributed by atoms with E-state index in [4.69, 9.17) is 11.6 Å². The molecule has 2 rings (SSSR count). The lowest BCUT2D eigenvalue weighted by Gasteiger charge is -2.25. The van der Waals surface area contributed by atoms with Crippen LogP contribution in [-0.4, -0.2) is 44.9 Å². The Kier molecular flexibility index (Phi) is 4.58. The number of likely N-dealkylation sites (N-methyl/N-ethyl adjacent to an activating group) is 1. The lowest BCUT2D eigenvalue weighted by molar-refractivity contribution is 0.0364. The van der Waals surface area contributed by atoms with Gasteiger partial charge in [-0.05, 0) is 32.9 Å². The molecule has 1 aromatic carbocycles. The van der Waals surface area contributed by atoms with Crippen LogP contribution >= 0.6 is 11.6 Å². The van der Waals surface area contributed by atoms with Crippen molar-refractivity contribution < 1.29 is 9.90 Å². The van der Waals surface area contributed by atoms with Crippen LogP contribution in [0.3, 0.4) is 0 Å². The number of carbonyl (C=O) groups is 1. The van der Waals surface area contributed by atoms with Crippen molar-refractivity contribution in [2.24, 2.45) is 0 Å². The molecule has 0 radical (unpaired) electrons. The van der Waals surface area contributed by atoms with Crippen LogP contribution in [0.15, 0.2) is 30.5 Å². The van der Waals surface area contributed by atoms with Gasteiger partial charge in [-0.25, -0.2) is 4.68 Å². The molecule has 0 fully saturated rings. The molecule has 0 aliphatic carbocycles. The minimum absolute atomic E-state index is 0.226. The second-order valence-electron chi connectivity index (χ2n) is 6.03. The third-order valence-corrected chi connectivity index (χ3v) is 3.49. The van der Waals surface area contributed by atoms with E-state index in [-0.39, 0.29) is 12.5 Å². The van der Waals surface area contributed by atoms with Gasteiger partial charge in [0.05, 0.1) is 16.3 Å². The molecule has 0 aliphatic heterocycles. The number of carbonyl (C=O) groups excluding carboxylic acids is 1. The van der Waals surface area contributed by atoms with Crippen LogP contribution in [0, 0.1) is 6.92 Å². The molecule has 118 valence electrons. The number of rotatable bonds is 4. The first-order chi connectivity index (χ1) is 10.2. The molecule has 0 saturated carbocycles. The standard InChI is InChI=1S/C16H20ClN3O2/c1-11-9-20(13-8-6-5-7-12(13)17)18-14(11)15(21)19(4)10-16(2,3)22/h5-9,22H,10H2,1-4H3. The molecule has 5 nitrogen and oxygen atoms in total. The quantitative estimate of drug-likeness (QED) is 0.942. The Bertz CT molecular complexity index is 689. The smallest absolute Gasteiger partial charge is 0.274 e. The lowest BCUT2D eigenvalue weighted by Crippen LogP contribution is -2.40. The molecule has 2 aromatic rings. The molecule has 1 amide bonds. The summed E-state index contributed by atoms with van der Waals surface area (Å²) in [6.45, 7) is 5.37. The van der Waals surface area contributed by atoms with E-state index in [0.717, 1.165) is 11.3 Å². The maximum absolute atomic E-state index is 12.5. The average Bonchev–Trinajstić information content (AvgIpc) is 2.78. The van der Waals surface area contributed by atoms with Crippen molar-refractivity contribution in [2.45, 2.75) is 26.4 Å². The highest BCUT2D eigenvalue weighted by Gasteiger charge is 2.23. The van der Waals surface area contributed by atoms with Gasteiger partial charge in [-0.2, -0.15) is 5.10 Å². The fourth-order valence-corrected chi connectivity index (χ4v) is 2.49. The predicted molar refractivity (Wildman–Crippen MR) is 86.6 cm³/mol. The van der Waals surface area contributed by atoms with Gasteiger partial charge in [-0.3, -0.25) is 4.79 Å². The van der Waals surface area contributed by atoms with Gasteiger partial charge in [0.15, 0.2) is 5.69 Å². The van der Waals surface area contributed by atoms with Crippen LogP contribution in [-0.2, 0) is 0 Å². The number of hydrogen-bond acceptors (Lipinski definition) is 3. The number of aliphatic hydroxyl groups is 1. The monoisotopic (exact) mass is 321 g/mol. The van der Waals surface area contributed by atoms with E-state index in [0.29, 0.717) is 10.7 Å². The Morgan fingerprint density at radius 2 is 2.05 bits per heavy atom. The second kappa shape index (κ2) is 6.10. The Morgan fingerprint density at radius 3 is 2.64 bits per heavy atom. The van der Waals surface area contributed by atoms with Crippen molar-refractivity contribution in [1.29, 1.82) is 0 Å². The summed E-state index contributed by atoms with van der Waals surface area (Å²) in [6, 6.07) is 7.31. The van der Waals surface area contributed by atoms with Crippen molar-refractivity contribution in [3.05, 3.63) is 46.7 Å². The van der Waals surface area contributed by atoms with Crippen molar-refractivity contribution in [2.75, 3.05) is 13.6 Å². The van der Waals surface area contributed by atoms with E-state index >= 15 is 0 Å². The predicted octanol–water partition coefficient (Wildman–Crippen LogP) is 2.68. The van der Waals surface area contributed by atoms with Gasteiger partial charge < -0.3 is 10.0 Å². The van der Waals surface area contributed by atoms with Crippen molar-refractivity contribution in [1.82, 2.24) is 14.7 Å². The minimum Gasteiger partial charge on any atom is -0.389 e. The highest BCUT2D eigenvalue weighted by molar-refractivity contribution is 6.32. The summed E-state index contributed by atoms with van der Waals surface area (Å²) >= 11 is 6.16. The molecule has 1 aromatic heterocycles. The molecule has 1 N–H and O–H groups in total. The number of hydrogen-bond donors (Lipinski definition) is 1. The summed E-state index contributed by atoms with van der Waals surface area (Å²) in [7, 11) is 1.65. The van der Waals surface area contributed by atoms with Gasteiger partial charge in [0.2, 0.25) is 0 Å². The summed E-state index contributed by atoms with van der Waals surface area (Å²) in [5.41, 5.74) is 0.875. The highest BCUT2D eigenvalue weighted by atomic mass is 35.5. The number of benzene rings is 1. The molecule has 22 heavy (non-hydrogen) atoms. The van der Waals surface area contributed by atoms with Crippen LogP contribution in [0.2, 0.25) is 5.02 Å². The maximum atomic E-state index is 12.5. The number of aromatic nitrogens is 2. The summed E-state index contributed by atoms with van der Waals surface area (Å²) in [5, 5.41) is 14.8. The van der Waals surface area contributed by atoms with E-state index < -0.39 is 5.60 Å². The van der Waals surface area contributed by atoms with Gasteiger partial charge >= 0.3 is 0 Å². The van der Waals surface area contributed by atoms with Gasteiger partial charge in [-0.1, -0.05) is 23.7 Å². The van der Waals surface area contributed by atoms with Gasteiger partial charge in [0, 0.05) is 25.4 Å². The molecule has 0 bridgehead atoms. The van der Waals surface area contributed by atoms with E-state index in [2.05, 4.69) is 5.10 Å². The largest absolute Gasteiger partial charge is 0.389 e. The number of nitrogens with zero attached hydrogens (tertiary/aromatic N) is 3. The SMILES string of the molecule is Cc1cn(-c2ccccc2Cl)nc1C(=O)N(C)CC(C)(C)O. The summed E-state index contributed by atoms with van der Waals surface area (Å²) < 4.78 is 1.60. The molecular weight excluding hydrogens is 302 g/mol. The summed E-state index contributed by atoms with van der Waals surface area (Å²) in [5.74, 6) is -0.231. The van der Waals surface area contributed by atoms with Crippen LogP contribution in [0.1, 0.15) is 29.9 Å².